The molecule has 0 unspecified atom stereocenters. The van der Waals surface area contributed by atoms with Crippen molar-refractivity contribution in [1.29, 1.82) is 0 Å². The lowest BCUT2D eigenvalue weighted by atomic mass is 10.0. The van der Waals surface area contributed by atoms with Gasteiger partial charge in [0.15, 0.2) is 0 Å². The number of aromatic nitrogens is 1. The number of carbonyl (C=O) groups is 3. The zero-order valence-electron chi connectivity index (χ0n) is 12.0. The molecule has 0 saturated carbocycles. The standard InChI is InChI=1S/C13H19N3O5/c1-8(2)5-10(13(19)20)15-12(18)7-14-11(17)6-9-3-4-21-16-9/h3-4,8,10H,5-7H2,1-2H3,(H,14,17)(H,15,18)(H,19,20)/t10-/m0/s1. The minimum atomic E-state index is -1.09. The molecule has 0 fully saturated rings. The Morgan fingerprint density at radius 1 is 1.33 bits per heavy atom. The molecule has 1 heterocycles. The summed E-state index contributed by atoms with van der Waals surface area (Å²) in [6, 6.07) is 0.591. The number of rotatable bonds is 8. The van der Waals surface area contributed by atoms with E-state index in [0.29, 0.717) is 12.1 Å². The second kappa shape index (κ2) is 8.03. The van der Waals surface area contributed by atoms with Crippen molar-refractivity contribution >= 4 is 17.8 Å². The molecule has 0 aliphatic heterocycles. The lowest BCUT2D eigenvalue weighted by Crippen LogP contribution is -2.46. The van der Waals surface area contributed by atoms with Crippen LogP contribution in [-0.2, 0) is 20.8 Å². The number of carboxylic acid groups (broad SMARTS) is 1. The summed E-state index contributed by atoms with van der Waals surface area (Å²) in [7, 11) is 0. The van der Waals surface area contributed by atoms with Crippen LogP contribution >= 0.6 is 0 Å². The van der Waals surface area contributed by atoms with Gasteiger partial charge in [-0.1, -0.05) is 19.0 Å². The summed E-state index contributed by atoms with van der Waals surface area (Å²) in [5.41, 5.74) is 0.455. The Morgan fingerprint density at radius 3 is 2.57 bits per heavy atom. The van der Waals surface area contributed by atoms with Crippen LogP contribution in [0.1, 0.15) is 26.0 Å². The van der Waals surface area contributed by atoms with E-state index in [-0.39, 0.29) is 18.9 Å². The number of amides is 2. The molecule has 8 heteroatoms. The average molecular weight is 297 g/mol. The van der Waals surface area contributed by atoms with E-state index in [0.717, 1.165) is 0 Å². The maximum absolute atomic E-state index is 11.6. The van der Waals surface area contributed by atoms with E-state index >= 15 is 0 Å². The van der Waals surface area contributed by atoms with Crippen molar-refractivity contribution in [1.82, 2.24) is 15.8 Å². The highest BCUT2D eigenvalue weighted by Crippen LogP contribution is 2.04. The number of aliphatic carboxylic acids is 1. The van der Waals surface area contributed by atoms with Gasteiger partial charge in [-0.05, 0) is 12.3 Å². The Hall–Kier alpha value is -2.38. The van der Waals surface area contributed by atoms with E-state index in [1.54, 1.807) is 6.07 Å². The number of carbonyl (C=O) groups excluding carboxylic acids is 2. The van der Waals surface area contributed by atoms with Crippen molar-refractivity contribution < 1.29 is 24.0 Å². The summed E-state index contributed by atoms with van der Waals surface area (Å²) < 4.78 is 4.58. The van der Waals surface area contributed by atoms with Crippen molar-refractivity contribution in [3.05, 3.63) is 18.0 Å². The SMILES string of the molecule is CC(C)C[C@H](NC(=O)CNC(=O)Cc1ccon1)C(=O)O. The predicted molar refractivity (Wildman–Crippen MR) is 72.2 cm³/mol. The van der Waals surface area contributed by atoms with Gasteiger partial charge in [-0.15, -0.1) is 0 Å². The Kier molecular flexibility index (Phi) is 6.38. The molecule has 1 aromatic rings. The van der Waals surface area contributed by atoms with Crippen molar-refractivity contribution in [2.45, 2.75) is 32.7 Å². The van der Waals surface area contributed by atoms with Crippen LogP contribution < -0.4 is 10.6 Å². The van der Waals surface area contributed by atoms with E-state index in [4.69, 9.17) is 5.11 Å². The molecule has 0 aliphatic carbocycles. The lowest BCUT2D eigenvalue weighted by molar-refractivity contribution is -0.142. The third kappa shape index (κ3) is 6.55. The highest BCUT2D eigenvalue weighted by molar-refractivity contribution is 5.88. The van der Waals surface area contributed by atoms with Crippen molar-refractivity contribution in [3.8, 4) is 0 Å². The molecule has 0 saturated heterocycles. The van der Waals surface area contributed by atoms with Crippen LogP contribution in [0.2, 0.25) is 0 Å². The van der Waals surface area contributed by atoms with Gasteiger partial charge in [0.1, 0.15) is 12.3 Å². The fourth-order valence-corrected chi connectivity index (χ4v) is 1.67. The average Bonchev–Trinajstić information content (AvgIpc) is 2.87. The Bertz CT molecular complexity index is 484. The minimum Gasteiger partial charge on any atom is -0.480 e. The molecule has 3 N–H and O–H groups in total. The smallest absolute Gasteiger partial charge is 0.326 e. The predicted octanol–water partition coefficient (Wildman–Crippen LogP) is -0.0512. The van der Waals surface area contributed by atoms with Gasteiger partial charge >= 0.3 is 5.97 Å². The topological polar surface area (TPSA) is 122 Å². The zero-order valence-corrected chi connectivity index (χ0v) is 12.0. The lowest BCUT2D eigenvalue weighted by Gasteiger charge is -2.16. The molecule has 0 bridgehead atoms. The molecule has 0 aromatic carbocycles. The van der Waals surface area contributed by atoms with Crippen molar-refractivity contribution in [2.24, 2.45) is 5.92 Å². The zero-order chi connectivity index (χ0) is 15.8. The highest BCUT2D eigenvalue weighted by Gasteiger charge is 2.21. The molecule has 0 radical (unpaired) electrons. The summed E-state index contributed by atoms with van der Waals surface area (Å²) in [6.45, 7) is 3.45. The fourth-order valence-electron chi connectivity index (χ4n) is 1.67. The molecular formula is C13H19N3O5. The molecule has 0 spiro atoms. The second-order valence-corrected chi connectivity index (χ2v) is 5.03. The molecular weight excluding hydrogens is 278 g/mol. The molecule has 21 heavy (non-hydrogen) atoms. The quantitative estimate of drug-likeness (QED) is 0.618. The van der Waals surface area contributed by atoms with Crippen molar-refractivity contribution in [2.75, 3.05) is 6.54 Å². The number of hydrogen-bond donors (Lipinski definition) is 3. The summed E-state index contributed by atoms with van der Waals surface area (Å²) in [6.07, 6.45) is 1.67. The number of nitrogens with one attached hydrogen (secondary N) is 2. The normalized spacial score (nSPS) is 12.0. The summed E-state index contributed by atoms with van der Waals surface area (Å²) in [5.74, 6) is -1.90. The maximum atomic E-state index is 11.6. The van der Waals surface area contributed by atoms with Gasteiger partial charge in [0.2, 0.25) is 11.8 Å². The second-order valence-electron chi connectivity index (χ2n) is 5.03. The molecule has 1 rings (SSSR count). The summed E-state index contributed by atoms with van der Waals surface area (Å²) >= 11 is 0. The summed E-state index contributed by atoms with van der Waals surface area (Å²) in [5, 5.41) is 17.3. The van der Waals surface area contributed by atoms with Gasteiger partial charge < -0.3 is 20.3 Å². The van der Waals surface area contributed by atoms with Crippen LogP contribution in [0.25, 0.3) is 0 Å². The molecule has 2 amide bonds. The number of carboxylic acids is 1. The first kappa shape index (κ1) is 16.7. The van der Waals surface area contributed by atoms with Gasteiger partial charge in [-0.2, -0.15) is 0 Å². The number of hydrogen-bond acceptors (Lipinski definition) is 5. The van der Waals surface area contributed by atoms with Gasteiger partial charge in [0, 0.05) is 6.07 Å². The van der Waals surface area contributed by atoms with Crippen LogP contribution in [-0.4, -0.2) is 40.6 Å². The summed E-state index contributed by atoms with van der Waals surface area (Å²) in [4.78, 5) is 34.1. The Labute approximate surface area is 121 Å². The van der Waals surface area contributed by atoms with E-state index < -0.39 is 23.8 Å². The first-order valence-electron chi connectivity index (χ1n) is 6.56. The Balaban J connectivity index is 2.35. The molecule has 1 aromatic heterocycles. The van der Waals surface area contributed by atoms with Gasteiger partial charge in [0.05, 0.1) is 18.7 Å². The molecule has 8 nitrogen and oxygen atoms in total. The van der Waals surface area contributed by atoms with Crippen LogP contribution in [0.4, 0.5) is 0 Å². The van der Waals surface area contributed by atoms with Gasteiger partial charge in [0.25, 0.3) is 0 Å². The number of nitrogens with zero attached hydrogens (tertiary/aromatic N) is 1. The molecule has 1 atom stereocenters. The third-order valence-electron chi connectivity index (χ3n) is 2.62. The fraction of sp³-hybridized carbons (Fsp3) is 0.538. The van der Waals surface area contributed by atoms with E-state index in [1.165, 1.54) is 6.26 Å². The highest BCUT2D eigenvalue weighted by atomic mass is 16.5. The third-order valence-corrected chi connectivity index (χ3v) is 2.62. The Morgan fingerprint density at radius 2 is 2.05 bits per heavy atom. The first-order chi connectivity index (χ1) is 9.88. The monoisotopic (exact) mass is 297 g/mol. The van der Waals surface area contributed by atoms with Crippen LogP contribution in [0.5, 0.6) is 0 Å². The van der Waals surface area contributed by atoms with Gasteiger partial charge in [-0.25, -0.2) is 4.79 Å². The minimum absolute atomic E-state index is 0.00185. The van der Waals surface area contributed by atoms with Crippen LogP contribution in [0, 0.1) is 5.92 Å². The van der Waals surface area contributed by atoms with Crippen LogP contribution in [0.15, 0.2) is 16.9 Å². The largest absolute Gasteiger partial charge is 0.480 e. The first-order valence-corrected chi connectivity index (χ1v) is 6.56. The molecule has 116 valence electrons. The maximum Gasteiger partial charge on any atom is 0.326 e. The van der Waals surface area contributed by atoms with Gasteiger partial charge in [-0.3, -0.25) is 9.59 Å². The van der Waals surface area contributed by atoms with E-state index in [2.05, 4.69) is 20.3 Å². The van der Waals surface area contributed by atoms with E-state index in [9.17, 15) is 14.4 Å². The van der Waals surface area contributed by atoms with E-state index in [1.807, 2.05) is 13.8 Å². The van der Waals surface area contributed by atoms with Crippen molar-refractivity contribution in [3.63, 3.8) is 0 Å². The molecule has 0 aliphatic rings. The van der Waals surface area contributed by atoms with Crippen LogP contribution in [0.3, 0.4) is 0 Å².